The van der Waals surface area contributed by atoms with Gasteiger partial charge < -0.3 is 10.9 Å². The van der Waals surface area contributed by atoms with Gasteiger partial charge in [-0.25, -0.2) is 0 Å². The molecular formula is C5H11NO2. The summed E-state index contributed by atoms with van der Waals surface area (Å²) in [6.45, 7) is 5.03. The van der Waals surface area contributed by atoms with Crippen LogP contribution in [0.15, 0.2) is 12.7 Å². The molecule has 3 N–H and O–H groups in total. The van der Waals surface area contributed by atoms with Crippen LogP contribution < -0.4 is 6.15 Å². The molecule has 0 saturated carbocycles. The van der Waals surface area contributed by atoms with Crippen LogP contribution in [0.1, 0.15) is 6.92 Å². The van der Waals surface area contributed by atoms with Gasteiger partial charge in [-0.05, 0) is 0 Å². The molecule has 8 heavy (non-hydrogen) atoms. The Bertz CT molecular complexity index is 80.5. The predicted molar refractivity (Wildman–Crippen MR) is 31.9 cm³/mol. The van der Waals surface area contributed by atoms with Gasteiger partial charge in [-0.3, -0.25) is 4.79 Å². The fourth-order valence-corrected chi connectivity index (χ4v) is 0.176. The van der Waals surface area contributed by atoms with Gasteiger partial charge in [-0.1, -0.05) is 12.7 Å². The van der Waals surface area contributed by atoms with E-state index >= 15 is 0 Å². The highest BCUT2D eigenvalue weighted by molar-refractivity contribution is 5.65. The van der Waals surface area contributed by atoms with E-state index in [1.54, 1.807) is 0 Å². The van der Waals surface area contributed by atoms with Crippen LogP contribution >= 0.6 is 0 Å². The Labute approximate surface area is 48.9 Å². The third kappa shape index (κ3) is 8.95. The first kappa shape index (κ1) is 10.2. The summed E-state index contributed by atoms with van der Waals surface area (Å²) in [5, 5.41) is 0. The maximum atomic E-state index is 9.93. The second-order valence-corrected chi connectivity index (χ2v) is 1.09. The first-order chi connectivity index (χ1) is 3.27. The van der Waals surface area contributed by atoms with E-state index < -0.39 is 0 Å². The molecule has 0 bridgehead atoms. The Morgan fingerprint density at radius 1 is 1.88 bits per heavy atom. The van der Waals surface area contributed by atoms with E-state index in [2.05, 4.69) is 11.3 Å². The first-order valence-electron chi connectivity index (χ1n) is 2.01. The third-order valence-corrected chi connectivity index (χ3v) is 0.404. The highest BCUT2D eigenvalue weighted by Gasteiger charge is 1.83. The Balaban J connectivity index is 0. The number of carbonyl (C=O) groups is 1. The van der Waals surface area contributed by atoms with E-state index in [0.717, 1.165) is 0 Å². The van der Waals surface area contributed by atoms with Crippen molar-refractivity contribution in [3.63, 3.8) is 0 Å². The van der Waals surface area contributed by atoms with Gasteiger partial charge in [-0.15, -0.1) is 0 Å². The quantitative estimate of drug-likeness (QED) is 0.431. The molecule has 48 valence electrons. The number of rotatable bonds is 2. The lowest BCUT2D eigenvalue weighted by atomic mass is 10.7. The highest BCUT2D eigenvalue weighted by atomic mass is 16.5. The maximum Gasteiger partial charge on any atom is 0.302 e. The third-order valence-electron chi connectivity index (χ3n) is 0.404. The van der Waals surface area contributed by atoms with Crippen molar-refractivity contribution in [1.29, 1.82) is 0 Å². The van der Waals surface area contributed by atoms with Crippen LogP contribution in [0.5, 0.6) is 0 Å². The summed E-state index contributed by atoms with van der Waals surface area (Å²) in [5.41, 5.74) is 0. The lowest BCUT2D eigenvalue weighted by Gasteiger charge is -1.90. The molecule has 0 amide bonds. The average molecular weight is 117 g/mol. The molecule has 0 atom stereocenters. The molecule has 0 saturated heterocycles. The van der Waals surface area contributed by atoms with Crippen LogP contribution in [-0.4, -0.2) is 12.6 Å². The van der Waals surface area contributed by atoms with Gasteiger partial charge in [0, 0.05) is 6.92 Å². The minimum Gasteiger partial charge on any atom is -0.462 e. The van der Waals surface area contributed by atoms with Gasteiger partial charge in [0.1, 0.15) is 6.61 Å². The van der Waals surface area contributed by atoms with E-state index in [1.807, 2.05) is 0 Å². The zero-order chi connectivity index (χ0) is 5.70. The summed E-state index contributed by atoms with van der Waals surface area (Å²) in [7, 11) is 0. The van der Waals surface area contributed by atoms with Gasteiger partial charge in [0.05, 0.1) is 0 Å². The Morgan fingerprint density at radius 3 is 2.50 bits per heavy atom. The predicted octanol–water partition coefficient (Wildman–Crippen LogP) is 0.897. The summed E-state index contributed by atoms with van der Waals surface area (Å²) in [5.74, 6) is -0.264. The van der Waals surface area contributed by atoms with E-state index in [-0.39, 0.29) is 12.1 Å². The average Bonchev–Trinajstić information content (AvgIpc) is 1.61. The zero-order valence-corrected chi connectivity index (χ0v) is 5.02. The highest BCUT2D eigenvalue weighted by Crippen LogP contribution is 1.73. The summed E-state index contributed by atoms with van der Waals surface area (Å²) in [6, 6.07) is 0. The van der Waals surface area contributed by atoms with Crippen LogP contribution in [0, 0.1) is 0 Å². The van der Waals surface area contributed by atoms with Crippen LogP contribution in [-0.2, 0) is 9.53 Å². The molecule has 0 rings (SSSR count). The summed E-state index contributed by atoms with van der Waals surface area (Å²) >= 11 is 0. The van der Waals surface area contributed by atoms with Gasteiger partial charge in [0.15, 0.2) is 0 Å². The number of hydrogen-bond donors (Lipinski definition) is 1. The molecule has 0 spiro atoms. The Hall–Kier alpha value is -0.830. The Kier molecular flexibility index (Phi) is 7.88. The van der Waals surface area contributed by atoms with Gasteiger partial charge in [0.2, 0.25) is 0 Å². The molecule has 0 fully saturated rings. The van der Waals surface area contributed by atoms with E-state index in [4.69, 9.17) is 0 Å². The van der Waals surface area contributed by atoms with Crippen molar-refractivity contribution in [2.75, 3.05) is 6.61 Å². The van der Waals surface area contributed by atoms with Crippen LogP contribution in [0.2, 0.25) is 0 Å². The molecule has 3 nitrogen and oxygen atoms in total. The number of hydrogen-bond acceptors (Lipinski definition) is 3. The fraction of sp³-hybridized carbons (Fsp3) is 0.400. The lowest BCUT2D eigenvalue weighted by Crippen LogP contribution is -1.96. The van der Waals surface area contributed by atoms with Crippen molar-refractivity contribution in [3.05, 3.63) is 12.7 Å². The van der Waals surface area contributed by atoms with E-state index in [9.17, 15) is 4.79 Å². The summed E-state index contributed by atoms with van der Waals surface area (Å²) in [4.78, 5) is 9.93. The minimum absolute atomic E-state index is 0. The number of ether oxygens (including phenoxy) is 1. The van der Waals surface area contributed by atoms with Gasteiger partial charge in [-0.2, -0.15) is 0 Å². The smallest absolute Gasteiger partial charge is 0.302 e. The first-order valence-corrected chi connectivity index (χ1v) is 2.01. The molecule has 0 aliphatic carbocycles. The van der Waals surface area contributed by atoms with Crippen LogP contribution in [0.4, 0.5) is 0 Å². The normalized spacial score (nSPS) is 6.62. The molecule has 0 aliphatic heterocycles. The maximum absolute atomic E-state index is 9.93. The summed E-state index contributed by atoms with van der Waals surface area (Å²) < 4.78 is 4.43. The molecular weight excluding hydrogens is 106 g/mol. The lowest BCUT2D eigenvalue weighted by molar-refractivity contribution is -0.139. The molecule has 0 aromatic heterocycles. The minimum atomic E-state index is -0.264. The van der Waals surface area contributed by atoms with Gasteiger partial charge in [0.25, 0.3) is 0 Å². The molecule has 0 heterocycles. The molecule has 0 radical (unpaired) electrons. The van der Waals surface area contributed by atoms with Crippen molar-refractivity contribution in [2.24, 2.45) is 0 Å². The monoisotopic (exact) mass is 117 g/mol. The van der Waals surface area contributed by atoms with Crippen molar-refractivity contribution in [1.82, 2.24) is 6.15 Å². The topological polar surface area (TPSA) is 61.3 Å². The summed E-state index contributed by atoms with van der Waals surface area (Å²) in [6.07, 6.45) is 1.53. The number of esters is 1. The second-order valence-electron chi connectivity index (χ2n) is 1.09. The molecule has 3 heteroatoms. The van der Waals surface area contributed by atoms with Crippen molar-refractivity contribution in [2.45, 2.75) is 6.92 Å². The molecule has 0 aromatic rings. The molecule has 0 aromatic carbocycles. The van der Waals surface area contributed by atoms with Crippen LogP contribution in [0.25, 0.3) is 0 Å². The zero-order valence-electron chi connectivity index (χ0n) is 5.02. The number of carbonyl (C=O) groups excluding carboxylic acids is 1. The van der Waals surface area contributed by atoms with Crippen LogP contribution in [0.3, 0.4) is 0 Å². The molecule has 0 unspecified atom stereocenters. The van der Waals surface area contributed by atoms with Crippen molar-refractivity contribution >= 4 is 5.97 Å². The van der Waals surface area contributed by atoms with Gasteiger partial charge >= 0.3 is 5.97 Å². The van der Waals surface area contributed by atoms with E-state index in [1.165, 1.54) is 13.0 Å². The SMILES string of the molecule is C=CCOC(C)=O.N. The van der Waals surface area contributed by atoms with Crippen molar-refractivity contribution in [3.8, 4) is 0 Å². The van der Waals surface area contributed by atoms with E-state index in [0.29, 0.717) is 6.61 Å². The van der Waals surface area contributed by atoms with Crippen molar-refractivity contribution < 1.29 is 9.53 Å². The standard InChI is InChI=1S/C5H8O2.H3N/c1-3-4-7-5(2)6;/h3H,1,4H2,2H3;1H3. The Morgan fingerprint density at radius 2 is 2.38 bits per heavy atom. The fourth-order valence-electron chi connectivity index (χ4n) is 0.176. The second kappa shape index (κ2) is 6.17. The molecule has 0 aliphatic rings. The largest absolute Gasteiger partial charge is 0.462 e.